The predicted molar refractivity (Wildman–Crippen MR) is 124 cm³/mol. The van der Waals surface area contributed by atoms with E-state index in [4.69, 9.17) is 9.47 Å². The number of para-hydroxylation sites is 2. The molecular formula is C26H23N3O4. The first kappa shape index (κ1) is 20.8. The van der Waals surface area contributed by atoms with Gasteiger partial charge >= 0.3 is 5.97 Å². The first-order chi connectivity index (χ1) is 16.2. The van der Waals surface area contributed by atoms with Crippen LogP contribution in [0.3, 0.4) is 0 Å². The standard InChI is InChI=1S/C26H23N3O4/c1-2-32-25(31)22-23(29-21-11-7-6-10-20(21)27-26(29)28-24(22)30)18-12-14-19(15-13-18)33-16-17-8-4-3-5-9-17/h3-15,22-23H,2,16H2,1H3,(H,27,28,30)/t22-,23-/m0/s1. The van der Waals surface area contributed by atoms with E-state index in [1.807, 2.05) is 83.4 Å². The third kappa shape index (κ3) is 3.93. The van der Waals surface area contributed by atoms with Gasteiger partial charge in [0.2, 0.25) is 11.9 Å². The Morgan fingerprint density at radius 1 is 1.00 bits per heavy atom. The lowest BCUT2D eigenvalue weighted by Crippen LogP contribution is -2.43. The van der Waals surface area contributed by atoms with E-state index in [-0.39, 0.29) is 6.61 Å². The van der Waals surface area contributed by atoms with Gasteiger partial charge in [-0.05, 0) is 42.3 Å². The number of carbonyl (C=O) groups is 2. The number of hydrogen-bond acceptors (Lipinski definition) is 5. The van der Waals surface area contributed by atoms with E-state index in [1.165, 1.54) is 0 Å². The summed E-state index contributed by atoms with van der Waals surface area (Å²) in [5.41, 5.74) is 3.43. The molecule has 2 atom stereocenters. The molecule has 0 radical (unpaired) electrons. The molecule has 3 aromatic carbocycles. The van der Waals surface area contributed by atoms with Crippen molar-refractivity contribution in [2.24, 2.45) is 5.92 Å². The predicted octanol–water partition coefficient (Wildman–Crippen LogP) is 4.34. The molecule has 0 saturated heterocycles. The smallest absolute Gasteiger partial charge is 0.321 e. The van der Waals surface area contributed by atoms with Gasteiger partial charge in [0.05, 0.1) is 23.7 Å². The van der Waals surface area contributed by atoms with Gasteiger partial charge in [-0.1, -0.05) is 54.6 Å². The van der Waals surface area contributed by atoms with Crippen LogP contribution in [0.5, 0.6) is 5.75 Å². The maximum Gasteiger partial charge on any atom is 0.321 e. The minimum atomic E-state index is -1.04. The summed E-state index contributed by atoms with van der Waals surface area (Å²) in [5, 5.41) is 2.78. The van der Waals surface area contributed by atoms with E-state index >= 15 is 0 Å². The van der Waals surface area contributed by atoms with E-state index in [0.29, 0.717) is 18.3 Å². The highest BCUT2D eigenvalue weighted by atomic mass is 16.5. The Morgan fingerprint density at radius 3 is 2.48 bits per heavy atom. The number of imidazole rings is 1. The second kappa shape index (κ2) is 8.78. The molecule has 33 heavy (non-hydrogen) atoms. The molecule has 1 amide bonds. The van der Waals surface area contributed by atoms with Crippen molar-refractivity contribution in [1.29, 1.82) is 0 Å². The molecule has 1 aliphatic heterocycles. The number of amides is 1. The van der Waals surface area contributed by atoms with Gasteiger partial charge in [-0.25, -0.2) is 4.98 Å². The maximum absolute atomic E-state index is 13.0. The molecule has 0 unspecified atom stereocenters. The molecule has 5 rings (SSSR count). The average Bonchev–Trinajstić information content (AvgIpc) is 3.21. The minimum Gasteiger partial charge on any atom is -0.489 e. The van der Waals surface area contributed by atoms with Gasteiger partial charge in [-0.2, -0.15) is 0 Å². The zero-order valence-corrected chi connectivity index (χ0v) is 18.1. The van der Waals surface area contributed by atoms with Gasteiger partial charge in [-0.15, -0.1) is 0 Å². The molecule has 1 N–H and O–H groups in total. The fourth-order valence-corrected chi connectivity index (χ4v) is 4.21. The quantitative estimate of drug-likeness (QED) is 0.356. The molecule has 7 nitrogen and oxygen atoms in total. The van der Waals surface area contributed by atoms with Crippen LogP contribution >= 0.6 is 0 Å². The molecule has 2 heterocycles. The van der Waals surface area contributed by atoms with Gasteiger partial charge in [0.25, 0.3) is 0 Å². The SMILES string of the molecule is CCOC(=O)[C@@H]1C(=O)Nc2nc3ccccc3n2[C@H]1c1ccc(OCc2ccccc2)cc1. The van der Waals surface area contributed by atoms with E-state index < -0.39 is 23.8 Å². The first-order valence-corrected chi connectivity index (χ1v) is 10.9. The highest BCUT2D eigenvalue weighted by Gasteiger charge is 2.44. The lowest BCUT2D eigenvalue weighted by atomic mass is 9.90. The molecular weight excluding hydrogens is 418 g/mol. The van der Waals surface area contributed by atoms with Crippen molar-refractivity contribution in [3.63, 3.8) is 0 Å². The number of aromatic nitrogens is 2. The zero-order valence-electron chi connectivity index (χ0n) is 18.1. The summed E-state index contributed by atoms with van der Waals surface area (Å²) in [6.07, 6.45) is 0. The molecule has 0 saturated carbocycles. The van der Waals surface area contributed by atoms with E-state index in [0.717, 1.165) is 22.2 Å². The number of esters is 1. The van der Waals surface area contributed by atoms with Crippen molar-refractivity contribution in [1.82, 2.24) is 9.55 Å². The fraction of sp³-hybridized carbons (Fsp3) is 0.192. The summed E-state index contributed by atoms with van der Waals surface area (Å²) in [7, 11) is 0. The third-order valence-electron chi connectivity index (χ3n) is 5.72. The van der Waals surface area contributed by atoms with Crippen molar-refractivity contribution >= 4 is 28.9 Å². The molecule has 0 aliphatic carbocycles. The molecule has 1 aromatic heterocycles. The van der Waals surface area contributed by atoms with Crippen molar-refractivity contribution in [3.05, 3.63) is 90.0 Å². The summed E-state index contributed by atoms with van der Waals surface area (Å²) in [6, 6.07) is 24.4. The van der Waals surface area contributed by atoms with Crippen molar-refractivity contribution in [2.75, 3.05) is 11.9 Å². The van der Waals surface area contributed by atoms with Crippen LogP contribution in [0.25, 0.3) is 11.0 Å². The van der Waals surface area contributed by atoms with E-state index in [2.05, 4.69) is 10.3 Å². The highest BCUT2D eigenvalue weighted by molar-refractivity contribution is 6.07. The number of rotatable bonds is 6. The summed E-state index contributed by atoms with van der Waals surface area (Å²) < 4.78 is 13.1. The van der Waals surface area contributed by atoms with Crippen LogP contribution in [0.1, 0.15) is 24.1 Å². The fourth-order valence-electron chi connectivity index (χ4n) is 4.21. The number of benzene rings is 3. The van der Waals surface area contributed by atoms with Crippen LogP contribution in [0, 0.1) is 5.92 Å². The second-order valence-electron chi connectivity index (χ2n) is 7.80. The van der Waals surface area contributed by atoms with Gasteiger partial charge in [-0.3, -0.25) is 14.9 Å². The van der Waals surface area contributed by atoms with Crippen LogP contribution in [-0.4, -0.2) is 28.0 Å². The highest BCUT2D eigenvalue weighted by Crippen LogP contribution is 2.39. The molecule has 0 bridgehead atoms. The summed E-state index contributed by atoms with van der Waals surface area (Å²) in [4.78, 5) is 30.4. The number of fused-ring (bicyclic) bond motifs is 3. The number of nitrogens with zero attached hydrogens (tertiary/aromatic N) is 2. The average molecular weight is 441 g/mol. The Balaban J connectivity index is 1.52. The summed E-state index contributed by atoms with van der Waals surface area (Å²) in [5.74, 6) is -0.910. The van der Waals surface area contributed by atoms with Gasteiger partial charge in [0, 0.05) is 0 Å². The Hall–Kier alpha value is -4.13. The van der Waals surface area contributed by atoms with Crippen LogP contribution in [0.15, 0.2) is 78.9 Å². The van der Waals surface area contributed by atoms with Gasteiger partial charge in [0.15, 0.2) is 5.92 Å². The van der Waals surface area contributed by atoms with Crippen LogP contribution in [-0.2, 0) is 20.9 Å². The number of anilines is 1. The normalized spacial score (nSPS) is 17.3. The summed E-state index contributed by atoms with van der Waals surface area (Å²) >= 11 is 0. The largest absolute Gasteiger partial charge is 0.489 e. The number of nitrogens with one attached hydrogen (secondary N) is 1. The zero-order chi connectivity index (χ0) is 22.8. The lowest BCUT2D eigenvalue weighted by molar-refractivity contribution is -0.152. The first-order valence-electron chi connectivity index (χ1n) is 10.9. The Morgan fingerprint density at radius 2 is 1.73 bits per heavy atom. The third-order valence-corrected chi connectivity index (χ3v) is 5.72. The van der Waals surface area contributed by atoms with Crippen molar-refractivity contribution in [3.8, 4) is 5.75 Å². The molecule has 7 heteroatoms. The van der Waals surface area contributed by atoms with Crippen LogP contribution in [0.4, 0.5) is 5.95 Å². The van der Waals surface area contributed by atoms with E-state index in [9.17, 15) is 9.59 Å². The minimum absolute atomic E-state index is 0.194. The molecule has 1 aliphatic rings. The van der Waals surface area contributed by atoms with Crippen molar-refractivity contribution in [2.45, 2.75) is 19.6 Å². The van der Waals surface area contributed by atoms with Crippen LogP contribution in [0.2, 0.25) is 0 Å². The lowest BCUT2D eigenvalue weighted by Gasteiger charge is -2.32. The number of carbonyl (C=O) groups excluding carboxylic acids is 2. The number of ether oxygens (including phenoxy) is 2. The topological polar surface area (TPSA) is 82.5 Å². The Bertz CT molecular complexity index is 1300. The Kier molecular flexibility index (Phi) is 5.52. The molecule has 4 aromatic rings. The molecule has 166 valence electrons. The molecule has 0 spiro atoms. The number of hydrogen-bond donors (Lipinski definition) is 1. The van der Waals surface area contributed by atoms with Crippen molar-refractivity contribution < 1.29 is 19.1 Å². The Labute approximate surface area is 191 Å². The van der Waals surface area contributed by atoms with E-state index in [1.54, 1.807) is 6.92 Å². The van der Waals surface area contributed by atoms with Gasteiger partial charge in [0.1, 0.15) is 12.4 Å². The van der Waals surface area contributed by atoms with Crippen LogP contribution < -0.4 is 10.1 Å². The second-order valence-corrected chi connectivity index (χ2v) is 7.80. The monoisotopic (exact) mass is 441 g/mol. The van der Waals surface area contributed by atoms with Gasteiger partial charge < -0.3 is 14.0 Å². The maximum atomic E-state index is 13.0. The summed E-state index contributed by atoms with van der Waals surface area (Å²) in [6.45, 7) is 2.37. The molecule has 0 fully saturated rings.